The molecule has 154 valence electrons. The number of rotatable bonds is 12. The molecule has 0 heterocycles. The van der Waals surface area contributed by atoms with Crippen molar-refractivity contribution in [1.82, 2.24) is 16.0 Å². The maximum Gasteiger partial charge on any atom is 0.328 e. The first-order valence-electron chi connectivity index (χ1n) is 8.24. The van der Waals surface area contributed by atoms with Crippen molar-refractivity contribution in [3.8, 4) is 0 Å². The van der Waals surface area contributed by atoms with Gasteiger partial charge in [-0.2, -0.15) is 0 Å². The van der Waals surface area contributed by atoms with Crippen molar-refractivity contribution in [2.24, 2.45) is 17.4 Å². The maximum atomic E-state index is 12.2. The van der Waals surface area contributed by atoms with Crippen LogP contribution in [0.15, 0.2) is 0 Å². The van der Waals surface area contributed by atoms with Crippen LogP contribution in [0, 0.1) is 5.92 Å². The Labute approximate surface area is 156 Å². The number of amides is 4. The third-order valence-electron chi connectivity index (χ3n) is 3.57. The Bertz CT molecular complexity index is 567. The third-order valence-corrected chi connectivity index (χ3v) is 3.57. The van der Waals surface area contributed by atoms with E-state index in [-0.39, 0.29) is 18.8 Å². The second-order valence-electron chi connectivity index (χ2n) is 6.19. The van der Waals surface area contributed by atoms with Crippen LogP contribution in [0.25, 0.3) is 0 Å². The van der Waals surface area contributed by atoms with Crippen molar-refractivity contribution >= 4 is 29.6 Å². The van der Waals surface area contributed by atoms with E-state index in [2.05, 4.69) is 10.6 Å². The molecule has 0 radical (unpaired) electrons. The lowest BCUT2D eigenvalue weighted by molar-refractivity contribution is -0.142. The molecule has 0 saturated carbocycles. The smallest absolute Gasteiger partial charge is 0.328 e. The molecule has 0 spiro atoms. The third kappa shape index (κ3) is 9.51. The highest BCUT2D eigenvalue weighted by molar-refractivity contribution is 5.93. The zero-order valence-corrected chi connectivity index (χ0v) is 15.2. The van der Waals surface area contributed by atoms with Crippen LogP contribution < -0.4 is 27.4 Å². The molecule has 0 saturated heterocycles. The number of aliphatic hydroxyl groups is 1. The molecule has 0 aliphatic carbocycles. The topological polar surface area (TPSA) is 214 Å². The van der Waals surface area contributed by atoms with Gasteiger partial charge in [-0.3, -0.25) is 19.2 Å². The fourth-order valence-corrected chi connectivity index (χ4v) is 1.85. The number of primary amides is 1. The van der Waals surface area contributed by atoms with Crippen LogP contribution in [-0.2, 0) is 24.0 Å². The van der Waals surface area contributed by atoms with Gasteiger partial charge in [0.1, 0.15) is 12.1 Å². The number of carbonyl (C=O) groups is 5. The van der Waals surface area contributed by atoms with E-state index >= 15 is 0 Å². The Morgan fingerprint density at radius 1 is 1.00 bits per heavy atom. The Hall–Kier alpha value is -2.73. The summed E-state index contributed by atoms with van der Waals surface area (Å²) in [5.74, 6) is -4.55. The lowest BCUT2D eigenvalue weighted by atomic mass is 10.0. The van der Waals surface area contributed by atoms with E-state index < -0.39 is 60.9 Å². The quantitative estimate of drug-likeness (QED) is 0.176. The molecule has 9 N–H and O–H groups in total. The molecule has 4 amide bonds. The van der Waals surface area contributed by atoms with Gasteiger partial charge in [-0.1, -0.05) is 13.8 Å². The average Bonchev–Trinajstić information content (AvgIpc) is 2.59. The SMILES string of the molecule is CC(C)C(N)C(=O)NC(CCC(N)=O)C(=O)NCC(=O)NC(CO)C(=O)O. The summed E-state index contributed by atoms with van der Waals surface area (Å²) in [5, 5.41) is 24.2. The van der Waals surface area contributed by atoms with Crippen molar-refractivity contribution in [2.75, 3.05) is 13.2 Å². The van der Waals surface area contributed by atoms with Crippen LogP contribution in [0.3, 0.4) is 0 Å². The largest absolute Gasteiger partial charge is 0.480 e. The number of hydrogen-bond donors (Lipinski definition) is 7. The predicted molar refractivity (Wildman–Crippen MR) is 92.8 cm³/mol. The van der Waals surface area contributed by atoms with Gasteiger partial charge in [-0.25, -0.2) is 4.79 Å². The second-order valence-corrected chi connectivity index (χ2v) is 6.19. The van der Waals surface area contributed by atoms with Crippen molar-refractivity contribution in [2.45, 2.75) is 44.8 Å². The van der Waals surface area contributed by atoms with E-state index in [9.17, 15) is 24.0 Å². The molecule has 0 aliphatic heterocycles. The van der Waals surface area contributed by atoms with Crippen LogP contribution in [0.2, 0.25) is 0 Å². The molecule has 0 aromatic carbocycles. The van der Waals surface area contributed by atoms with Gasteiger partial charge in [0, 0.05) is 6.42 Å². The molecule has 0 aromatic heterocycles. The van der Waals surface area contributed by atoms with E-state index in [4.69, 9.17) is 21.7 Å². The van der Waals surface area contributed by atoms with Gasteiger partial charge in [-0.15, -0.1) is 0 Å². The van der Waals surface area contributed by atoms with E-state index in [0.29, 0.717) is 0 Å². The zero-order chi connectivity index (χ0) is 21.1. The van der Waals surface area contributed by atoms with Gasteiger partial charge in [0.05, 0.1) is 19.2 Å². The number of carboxylic acids is 1. The van der Waals surface area contributed by atoms with E-state index in [1.807, 2.05) is 5.32 Å². The summed E-state index contributed by atoms with van der Waals surface area (Å²) in [7, 11) is 0. The first-order chi connectivity index (χ1) is 12.5. The summed E-state index contributed by atoms with van der Waals surface area (Å²) in [6, 6.07) is -3.54. The summed E-state index contributed by atoms with van der Waals surface area (Å²) >= 11 is 0. The molecule has 0 fully saturated rings. The van der Waals surface area contributed by atoms with E-state index in [0.717, 1.165) is 0 Å². The van der Waals surface area contributed by atoms with Crippen molar-refractivity contribution < 1.29 is 34.2 Å². The summed E-state index contributed by atoms with van der Waals surface area (Å²) < 4.78 is 0. The molecule has 3 atom stereocenters. The van der Waals surface area contributed by atoms with Gasteiger partial charge < -0.3 is 37.6 Å². The van der Waals surface area contributed by atoms with Gasteiger partial charge in [0.2, 0.25) is 23.6 Å². The summed E-state index contributed by atoms with van der Waals surface area (Å²) in [6.45, 7) is 2.02. The molecule has 12 nitrogen and oxygen atoms in total. The van der Waals surface area contributed by atoms with Gasteiger partial charge >= 0.3 is 5.97 Å². The Kier molecular flexibility index (Phi) is 10.6. The molecule has 0 bridgehead atoms. The minimum atomic E-state index is -1.51. The first kappa shape index (κ1) is 24.3. The lowest BCUT2D eigenvalue weighted by Gasteiger charge is -2.22. The number of nitrogens with one attached hydrogen (secondary N) is 3. The molecule has 27 heavy (non-hydrogen) atoms. The summed E-state index contributed by atoms with van der Waals surface area (Å²) in [5.41, 5.74) is 10.8. The van der Waals surface area contributed by atoms with Crippen LogP contribution in [-0.4, -0.2) is 71.1 Å². The van der Waals surface area contributed by atoms with Gasteiger partial charge in [-0.05, 0) is 12.3 Å². The normalized spacial score (nSPS) is 14.0. The molecular weight excluding hydrogens is 362 g/mol. The lowest BCUT2D eigenvalue weighted by Crippen LogP contribution is -2.54. The van der Waals surface area contributed by atoms with Crippen molar-refractivity contribution in [3.63, 3.8) is 0 Å². The molecular formula is C15H27N5O7. The van der Waals surface area contributed by atoms with Gasteiger partial charge in [0.25, 0.3) is 0 Å². The molecule has 12 heteroatoms. The fraction of sp³-hybridized carbons (Fsp3) is 0.667. The average molecular weight is 389 g/mol. The zero-order valence-electron chi connectivity index (χ0n) is 15.2. The number of aliphatic carboxylic acids is 1. The number of carboxylic acid groups (broad SMARTS) is 1. The number of aliphatic hydroxyl groups excluding tert-OH is 1. The Balaban J connectivity index is 4.83. The summed E-state index contributed by atoms with van der Waals surface area (Å²) in [6.07, 6.45) is -0.291. The minimum absolute atomic E-state index is 0.103. The van der Waals surface area contributed by atoms with E-state index in [1.165, 1.54) is 0 Å². The highest BCUT2D eigenvalue weighted by Crippen LogP contribution is 2.02. The summed E-state index contributed by atoms with van der Waals surface area (Å²) in [4.78, 5) is 57.6. The predicted octanol–water partition coefficient (Wildman–Crippen LogP) is -3.60. The second kappa shape index (κ2) is 11.8. The molecule has 0 aromatic rings. The fourth-order valence-electron chi connectivity index (χ4n) is 1.85. The molecule has 3 unspecified atom stereocenters. The van der Waals surface area contributed by atoms with E-state index in [1.54, 1.807) is 13.8 Å². The monoisotopic (exact) mass is 389 g/mol. The van der Waals surface area contributed by atoms with Crippen molar-refractivity contribution in [1.29, 1.82) is 0 Å². The van der Waals surface area contributed by atoms with Crippen molar-refractivity contribution in [3.05, 3.63) is 0 Å². The standard InChI is InChI=1S/C15H27N5O7/c1-7(2)12(17)14(25)20-8(3-4-10(16)22)13(24)18-5-11(23)19-9(6-21)15(26)27/h7-9,12,21H,3-6,17H2,1-2H3,(H2,16,22)(H,18,24)(H,19,23)(H,20,25)(H,26,27). The first-order valence-corrected chi connectivity index (χ1v) is 8.24. The highest BCUT2D eigenvalue weighted by Gasteiger charge is 2.26. The number of carbonyl (C=O) groups excluding carboxylic acids is 4. The van der Waals surface area contributed by atoms with Crippen LogP contribution >= 0.6 is 0 Å². The number of hydrogen-bond acceptors (Lipinski definition) is 7. The van der Waals surface area contributed by atoms with Crippen LogP contribution in [0.4, 0.5) is 0 Å². The highest BCUT2D eigenvalue weighted by atomic mass is 16.4. The Morgan fingerprint density at radius 2 is 1.59 bits per heavy atom. The van der Waals surface area contributed by atoms with Crippen LogP contribution in [0.1, 0.15) is 26.7 Å². The molecule has 0 aliphatic rings. The Morgan fingerprint density at radius 3 is 2.04 bits per heavy atom. The maximum absolute atomic E-state index is 12.2. The number of nitrogens with two attached hydrogens (primary N) is 2. The minimum Gasteiger partial charge on any atom is -0.480 e. The molecule has 0 rings (SSSR count). The van der Waals surface area contributed by atoms with Gasteiger partial charge in [0.15, 0.2) is 0 Å². The van der Waals surface area contributed by atoms with Crippen LogP contribution in [0.5, 0.6) is 0 Å².